The van der Waals surface area contributed by atoms with Gasteiger partial charge in [-0.3, -0.25) is 4.79 Å². The van der Waals surface area contributed by atoms with Crippen molar-refractivity contribution in [3.8, 4) is 5.75 Å². The smallest absolute Gasteiger partial charge is 0.221 e. The van der Waals surface area contributed by atoms with Crippen molar-refractivity contribution in [1.82, 2.24) is 0 Å². The minimum Gasteiger partial charge on any atom is -0.493 e. The van der Waals surface area contributed by atoms with Gasteiger partial charge in [-0.25, -0.2) is 0 Å². The zero-order valence-electron chi connectivity index (χ0n) is 9.12. The first-order chi connectivity index (χ1) is 7.74. The molecule has 3 heteroatoms. The van der Waals surface area contributed by atoms with Gasteiger partial charge in [-0.2, -0.15) is 0 Å². The van der Waals surface area contributed by atoms with E-state index in [0.29, 0.717) is 19.4 Å². The Morgan fingerprint density at radius 3 is 2.88 bits per heavy atom. The third-order valence-electron chi connectivity index (χ3n) is 2.11. The van der Waals surface area contributed by atoms with Gasteiger partial charge >= 0.3 is 0 Å². The van der Waals surface area contributed by atoms with Gasteiger partial charge in [-0.05, 0) is 36.1 Å². The molecule has 1 rings (SSSR count). The van der Waals surface area contributed by atoms with E-state index in [1.54, 1.807) is 0 Å². The fraction of sp³-hybridized carbons (Fsp3) is 0.308. The Morgan fingerprint density at radius 2 is 2.19 bits per heavy atom. The summed E-state index contributed by atoms with van der Waals surface area (Å²) in [5.41, 5.74) is 1.11. The first-order valence-electron chi connectivity index (χ1n) is 5.24. The number of hydrogen-bond donors (Lipinski definition) is 0. The Hall–Kier alpha value is -1.28. The summed E-state index contributed by atoms with van der Waals surface area (Å²) in [4.78, 5) is 10.5. The predicted octanol–water partition coefficient (Wildman–Crippen LogP) is 3.34. The molecule has 0 fully saturated rings. The average molecular weight is 239 g/mol. The lowest BCUT2D eigenvalue weighted by Gasteiger charge is -2.09. The normalized spacial score (nSPS) is 9.81. The highest BCUT2D eigenvalue weighted by Crippen LogP contribution is 2.19. The van der Waals surface area contributed by atoms with Gasteiger partial charge in [0, 0.05) is 6.42 Å². The van der Waals surface area contributed by atoms with Crippen LogP contribution in [0, 0.1) is 0 Å². The number of para-hydroxylation sites is 1. The zero-order valence-corrected chi connectivity index (χ0v) is 9.87. The quantitative estimate of drug-likeness (QED) is 0.414. The van der Waals surface area contributed by atoms with Crippen LogP contribution in [0.1, 0.15) is 18.4 Å². The van der Waals surface area contributed by atoms with Crippen LogP contribution in [0.3, 0.4) is 0 Å². The summed E-state index contributed by atoms with van der Waals surface area (Å²) >= 11 is 5.23. The largest absolute Gasteiger partial charge is 0.493 e. The molecule has 0 heterocycles. The lowest BCUT2D eigenvalue weighted by molar-refractivity contribution is -0.111. The van der Waals surface area contributed by atoms with Crippen LogP contribution in [0.2, 0.25) is 0 Å². The summed E-state index contributed by atoms with van der Waals surface area (Å²) < 4.78 is 5.58. The maximum absolute atomic E-state index is 10.5. The van der Waals surface area contributed by atoms with E-state index in [1.165, 1.54) is 0 Å². The molecule has 0 bridgehead atoms. The molecule has 1 aromatic carbocycles. The van der Waals surface area contributed by atoms with Crippen molar-refractivity contribution in [2.24, 2.45) is 0 Å². The lowest BCUT2D eigenvalue weighted by Crippen LogP contribution is -2.01. The van der Waals surface area contributed by atoms with E-state index >= 15 is 0 Å². The minimum atomic E-state index is -0.317. The van der Waals surface area contributed by atoms with Crippen molar-refractivity contribution >= 4 is 16.8 Å². The Kier molecular flexibility index (Phi) is 5.65. The van der Waals surface area contributed by atoms with Crippen molar-refractivity contribution in [3.63, 3.8) is 0 Å². The SMILES string of the molecule is C=CCc1ccccc1OCCCC(=O)Cl. The summed E-state index contributed by atoms with van der Waals surface area (Å²) in [6.45, 7) is 4.21. The van der Waals surface area contributed by atoms with E-state index < -0.39 is 0 Å². The maximum atomic E-state index is 10.5. The van der Waals surface area contributed by atoms with E-state index in [2.05, 4.69) is 6.58 Å². The van der Waals surface area contributed by atoms with Gasteiger partial charge < -0.3 is 4.74 Å². The third kappa shape index (κ3) is 4.49. The van der Waals surface area contributed by atoms with Crippen molar-refractivity contribution in [2.45, 2.75) is 19.3 Å². The first-order valence-corrected chi connectivity index (χ1v) is 5.61. The molecule has 0 unspecified atom stereocenters. The topological polar surface area (TPSA) is 26.3 Å². The van der Waals surface area contributed by atoms with Gasteiger partial charge in [0.25, 0.3) is 0 Å². The summed E-state index contributed by atoms with van der Waals surface area (Å²) in [6, 6.07) is 7.81. The molecular weight excluding hydrogens is 224 g/mol. The predicted molar refractivity (Wildman–Crippen MR) is 65.9 cm³/mol. The molecule has 2 nitrogen and oxygen atoms in total. The molecule has 16 heavy (non-hydrogen) atoms. The molecule has 0 atom stereocenters. The molecule has 0 aliphatic carbocycles. The van der Waals surface area contributed by atoms with Gasteiger partial charge in [0.05, 0.1) is 6.61 Å². The summed E-state index contributed by atoms with van der Waals surface area (Å²) in [5.74, 6) is 0.851. The lowest BCUT2D eigenvalue weighted by atomic mass is 10.1. The van der Waals surface area contributed by atoms with Crippen molar-refractivity contribution in [3.05, 3.63) is 42.5 Å². The molecule has 0 N–H and O–H groups in total. The van der Waals surface area contributed by atoms with Gasteiger partial charge in [-0.1, -0.05) is 24.3 Å². The fourth-order valence-electron chi connectivity index (χ4n) is 1.36. The molecule has 0 aliphatic rings. The number of carbonyl (C=O) groups is 1. The highest BCUT2D eigenvalue weighted by atomic mass is 35.5. The second kappa shape index (κ2) is 7.07. The standard InChI is InChI=1S/C13H15ClO2/c1-2-6-11-7-3-4-8-12(11)16-10-5-9-13(14)15/h2-4,7-8H,1,5-6,9-10H2. The number of benzene rings is 1. The number of carbonyl (C=O) groups excluding carboxylic acids is 1. The fourth-order valence-corrected chi connectivity index (χ4v) is 1.50. The number of hydrogen-bond acceptors (Lipinski definition) is 2. The number of halogens is 1. The highest BCUT2D eigenvalue weighted by molar-refractivity contribution is 6.63. The Morgan fingerprint density at radius 1 is 1.44 bits per heavy atom. The number of ether oxygens (including phenoxy) is 1. The summed E-state index contributed by atoms with van der Waals surface area (Å²) in [7, 11) is 0. The molecule has 0 saturated heterocycles. The number of allylic oxidation sites excluding steroid dienone is 1. The molecule has 1 aromatic rings. The van der Waals surface area contributed by atoms with Crippen LogP contribution in [0.25, 0.3) is 0 Å². The molecule has 0 radical (unpaired) electrons. The third-order valence-corrected chi connectivity index (χ3v) is 2.30. The van der Waals surface area contributed by atoms with Crippen LogP contribution in [-0.4, -0.2) is 11.8 Å². The maximum Gasteiger partial charge on any atom is 0.221 e. The number of rotatable bonds is 7. The van der Waals surface area contributed by atoms with Gasteiger partial charge in [0.2, 0.25) is 5.24 Å². The van der Waals surface area contributed by atoms with Crippen LogP contribution in [0.15, 0.2) is 36.9 Å². The monoisotopic (exact) mass is 238 g/mol. The van der Waals surface area contributed by atoms with Crippen LogP contribution in [-0.2, 0) is 11.2 Å². The average Bonchev–Trinajstić information content (AvgIpc) is 2.26. The van der Waals surface area contributed by atoms with Crippen LogP contribution in [0.5, 0.6) is 5.75 Å². The second-order valence-corrected chi connectivity index (χ2v) is 3.83. The molecular formula is C13H15ClO2. The zero-order chi connectivity index (χ0) is 11.8. The Balaban J connectivity index is 2.46. The van der Waals surface area contributed by atoms with Crippen LogP contribution in [0.4, 0.5) is 0 Å². The molecule has 0 saturated carbocycles. The minimum absolute atomic E-state index is 0.317. The van der Waals surface area contributed by atoms with E-state index in [4.69, 9.17) is 16.3 Å². The van der Waals surface area contributed by atoms with Crippen molar-refractivity contribution < 1.29 is 9.53 Å². The van der Waals surface area contributed by atoms with Gasteiger partial charge in [0.1, 0.15) is 5.75 Å². The Labute approximate surface area is 101 Å². The highest BCUT2D eigenvalue weighted by Gasteiger charge is 2.01. The van der Waals surface area contributed by atoms with Crippen molar-refractivity contribution in [2.75, 3.05) is 6.61 Å². The molecule has 0 aromatic heterocycles. The van der Waals surface area contributed by atoms with Crippen LogP contribution >= 0.6 is 11.6 Å². The molecule has 0 amide bonds. The summed E-state index contributed by atoms with van der Waals surface area (Å²) in [5, 5.41) is -0.317. The first kappa shape index (κ1) is 12.8. The molecule has 86 valence electrons. The van der Waals surface area contributed by atoms with Gasteiger partial charge in [-0.15, -0.1) is 6.58 Å². The molecule has 0 spiro atoms. The van der Waals surface area contributed by atoms with Crippen LogP contribution < -0.4 is 4.74 Å². The van der Waals surface area contributed by atoms with Gasteiger partial charge in [0.15, 0.2) is 0 Å². The van der Waals surface area contributed by atoms with Crippen molar-refractivity contribution in [1.29, 1.82) is 0 Å². The van der Waals surface area contributed by atoms with E-state index in [1.807, 2.05) is 30.3 Å². The summed E-state index contributed by atoms with van der Waals surface area (Å²) in [6.07, 6.45) is 3.62. The molecule has 0 aliphatic heterocycles. The van der Waals surface area contributed by atoms with E-state index in [0.717, 1.165) is 17.7 Å². The Bertz CT molecular complexity index is 361. The van der Waals surface area contributed by atoms with E-state index in [9.17, 15) is 4.79 Å². The van der Waals surface area contributed by atoms with E-state index in [-0.39, 0.29) is 5.24 Å². The second-order valence-electron chi connectivity index (χ2n) is 3.41.